The maximum absolute atomic E-state index is 10.9. The number of amides is 1. The number of anilines is 1. The van der Waals surface area contributed by atoms with Crippen LogP contribution in [-0.4, -0.2) is 12.5 Å². The van der Waals surface area contributed by atoms with Crippen molar-refractivity contribution in [2.24, 2.45) is 5.73 Å². The summed E-state index contributed by atoms with van der Waals surface area (Å²) in [4.78, 5) is 10.9. The zero-order valence-electron chi connectivity index (χ0n) is 6.68. The Kier molecular flexibility index (Phi) is 3.71. The molecule has 0 spiro atoms. The van der Waals surface area contributed by atoms with E-state index < -0.39 is 0 Å². The van der Waals surface area contributed by atoms with E-state index in [-0.39, 0.29) is 12.5 Å². The second kappa shape index (κ2) is 4.60. The van der Waals surface area contributed by atoms with Gasteiger partial charge in [0.25, 0.3) is 0 Å². The smallest absolute Gasteiger partial charge is 0.238 e. The van der Waals surface area contributed by atoms with Crippen LogP contribution >= 0.6 is 27.5 Å². The molecule has 5 heteroatoms. The molecule has 70 valence electrons. The number of nitrogens with two attached hydrogens (primary N) is 1. The minimum absolute atomic E-state index is 0.0427. The molecular weight excluding hydrogens is 255 g/mol. The van der Waals surface area contributed by atoms with Gasteiger partial charge in [0.2, 0.25) is 5.91 Å². The third-order valence-corrected chi connectivity index (χ3v) is 2.81. The Balaban J connectivity index is 2.89. The van der Waals surface area contributed by atoms with Crippen LogP contribution in [-0.2, 0) is 4.79 Å². The highest BCUT2D eigenvalue weighted by molar-refractivity contribution is 9.10. The van der Waals surface area contributed by atoms with Crippen molar-refractivity contribution in [2.75, 3.05) is 11.9 Å². The molecule has 1 rings (SSSR count). The molecule has 0 atom stereocenters. The molecule has 0 aromatic heterocycles. The van der Waals surface area contributed by atoms with Crippen molar-refractivity contribution in [3.05, 3.63) is 27.7 Å². The standard InChI is InChI=1S/C8H8BrClN2O/c9-8-5(10)2-1-3-6(8)12-7(13)4-11/h1-3H,4,11H2,(H,12,13). The van der Waals surface area contributed by atoms with E-state index in [4.69, 9.17) is 17.3 Å². The lowest BCUT2D eigenvalue weighted by molar-refractivity contribution is -0.114. The average Bonchev–Trinajstić information content (AvgIpc) is 2.13. The summed E-state index contributed by atoms with van der Waals surface area (Å²) in [7, 11) is 0. The van der Waals surface area contributed by atoms with E-state index in [1.54, 1.807) is 18.2 Å². The molecule has 3 N–H and O–H groups in total. The lowest BCUT2D eigenvalue weighted by atomic mass is 10.3. The third-order valence-electron chi connectivity index (χ3n) is 1.41. The number of halogens is 2. The molecule has 0 aliphatic rings. The molecule has 0 bridgehead atoms. The van der Waals surface area contributed by atoms with E-state index >= 15 is 0 Å². The Hall–Kier alpha value is -0.580. The van der Waals surface area contributed by atoms with Crippen molar-refractivity contribution in [1.82, 2.24) is 0 Å². The van der Waals surface area contributed by atoms with Gasteiger partial charge in [-0.1, -0.05) is 17.7 Å². The summed E-state index contributed by atoms with van der Waals surface area (Å²) in [6.07, 6.45) is 0. The molecule has 1 amide bonds. The quantitative estimate of drug-likeness (QED) is 0.857. The van der Waals surface area contributed by atoms with Gasteiger partial charge < -0.3 is 11.1 Å². The normalized spacial score (nSPS) is 9.77. The van der Waals surface area contributed by atoms with E-state index in [1.807, 2.05) is 0 Å². The lowest BCUT2D eigenvalue weighted by Gasteiger charge is -2.06. The highest BCUT2D eigenvalue weighted by Crippen LogP contribution is 2.29. The SMILES string of the molecule is NCC(=O)Nc1cccc(Cl)c1Br. The van der Waals surface area contributed by atoms with Crippen LogP contribution in [0, 0.1) is 0 Å². The summed E-state index contributed by atoms with van der Waals surface area (Å²) in [5.41, 5.74) is 5.78. The fourth-order valence-electron chi connectivity index (χ4n) is 0.802. The van der Waals surface area contributed by atoms with Crippen LogP contribution in [0.5, 0.6) is 0 Å². The van der Waals surface area contributed by atoms with E-state index in [0.29, 0.717) is 15.2 Å². The van der Waals surface area contributed by atoms with Crippen LogP contribution in [0.3, 0.4) is 0 Å². The maximum Gasteiger partial charge on any atom is 0.238 e. The number of carbonyl (C=O) groups excluding carboxylic acids is 1. The van der Waals surface area contributed by atoms with E-state index in [1.165, 1.54) is 0 Å². The molecule has 0 aliphatic heterocycles. The van der Waals surface area contributed by atoms with Crippen LogP contribution in [0.4, 0.5) is 5.69 Å². The van der Waals surface area contributed by atoms with Gasteiger partial charge in [-0.05, 0) is 28.1 Å². The molecular formula is C8H8BrClN2O. The Morgan fingerprint density at radius 3 is 2.92 bits per heavy atom. The number of hydrogen-bond acceptors (Lipinski definition) is 2. The number of hydrogen-bond donors (Lipinski definition) is 2. The van der Waals surface area contributed by atoms with Gasteiger partial charge >= 0.3 is 0 Å². The summed E-state index contributed by atoms with van der Waals surface area (Å²) in [5, 5.41) is 3.16. The van der Waals surface area contributed by atoms with Crippen LogP contribution < -0.4 is 11.1 Å². The van der Waals surface area contributed by atoms with Gasteiger partial charge in [0.15, 0.2) is 0 Å². The minimum atomic E-state index is -0.247. The van der Waals surface area contributed by atoms with Crippen LogP contribution in [0.1, 0.15) is 0 Å². The number of carbonyl (C=O) groups is 1. The Bertz CT molecular complexity index is 330. The summed E-state index contributed by atoms with van der Waals surface area (Å²) < 4.78 is 0.665. The molecule has 13 heavy (non-hydrogen) atoms. The predicted octanol–water partition coefficient (Wildman–Crippen LogP) is 2.00. The Morgan fingerprint density at radius 1 is 1.62 bits per heavy atom. The molecule has 0 saturated carbocycles. The molecule has 0 radical (unpaired) electrons. The van der Waals surface area contributed by atoms with Crippen LogP contribution in [0.15, 0.2) is 22.7 Å². The fraction of sp³-hybridized carbons (Fsp3) is 0.125. The van der Waals surface area contributed by atoms with E-state index in [2.05, 4.69) is 21.2 Å². The maximum atomic E-state index is 10.9. The van der Waals surface area contributed by atoms with Gasteiger partial charge in [-0.3, -0.25) is 4.79 Å². The van der Waals surface area contributed by atoms with Gasteiger partial charge in [0, 0.05) is 0 Å². The number of rotatable bonds is 2. The Labute approximate surface area is 89.4 Å². The zero-order valence-corrected chi connectivity index (χ0v) is 9.02. The van der Waals surface area contributed by atoms with E-state index in [9.17, 15) is 4.79 Å². The van der Waals surface area contributed by atoms with Gasteiger partial charge in [0.1, 0.15) is 0 Å². The first kappa shape index (κ1) is 10.5. The molecule has 3 nitrogen and oxygen atoms in total. The summed E-state index contributed by atoms with van der Waals surface area (Å²) in [6.45, 7) is -0.0427. The van der Waals surface area contributed by atoms with Crippen molar-refractivity contribution >= 4 is 39.1 Å². The zero-order chi connectivity index (χ0) is 9.84. The minimum Gasteiger partial charge on any atom is -0.324 e. The lowest BCUT2D eigenvalue weighted by Crippen LogP contribution is -2.21. The molecule has 1 aromatic carbocycles. The summed E-state index contributed by atoms with van der Waals surface area (Å²) in [6, 6.07) is 5.21. The van der Waals surface area contributed by atoms with Crippen molar-refractivity contribution in [3.63, 3.8) is 0 Å². The first-order valence-electron chi connectivity index (χ1n) is 3.59. The molecule has 1 aromatic rings. The largest absolute Gasteiger partial charge is 0.324 e. The summed E-state index contributed by atoms with van der Waals surface area (Å²) in [5.74, 6) is -0.247. The molecule has 0 heterocycles. The van der Waals surface area contributed by atoms with Gasteiger partial charge in [-0.25, -0.2) is 0 Å². The fourth-order valence-corrected chi connectivity index (χ4v) is 1.34. The number of nitrogens with one attached hydrogen (secondary N) is 1. The monoisotopic (exact) mass is 262 g/mol. The first-order valence-corrected chi connectivity index (χ1v) is 4.76. The average molecular weight is 264 g/mol. The van der Waals surface area contributed by atoms with E-state index in [0.717, 1.165) is 0 Å². The Morgan fingerprint density at radius 2 is 2.31 bits per heavy atom. The second-order valence-electron chi connectivity index (χ2n) is 2.35. The third kappa shape index (κ3) is 2.69. The topological polar surface area (TPSA) is 55.1 Å². The van der Waals surface area contributed by atoms with Crippen molar-refractivity contribution in [3.8, 4) is 0 Å². The highest BCUT2D eigenvalue weighted by Gasteiger charge is 2.05. The summed E-state index contributed by atoms with van der Waals surface area (Å²) >= 11 is 9.06. The van der Waals surface area contributed by atoms with Crippen molar-refractivity contribution in [1.29, 1.82) is 0 Å². The molecule has 0 unspecified atom stereocenters. The highest BCUT2D eigenvalue weighted by atomic mass is 79.9. The van der Waals surface area contributed by atoms with Crippen LogP contribution in [0.25, 0.3) is 0 Å². The number of benzene rings is 1. The molecule has 0 fully saturated rings. The van der Waals surface area contributed by atoms with Crippen molar-refractivity contribution < 1.29 is 4.79 Å². The predicted molar refractivity (Wildman–Crippen MR) is 56.8 cm³/mol. The van der Waals surface area contributed by atoms with Gasteiger partial charge in [0.05, 0.1) is 21.7 Å². The van der Waals surface area contributed by atoms with Crippen LogP contribution in [0.2, 0.25) is 5.02 Å². The first-order chi connectivity index (χ1) is 6.15. The second-order valence-corrected chi connectivity index (χ2v) is 3.55. The molecule has 0 saturated heterocycles. The van der Waals surface area contributed by atoms with Gasteiger partial charge in [-0.15, -0.1) is 0 Å². The van der Waals surface area contributed by atoms with Gasteiger partial charge in [-0.2, -0.15) is 0 Å². The van der Waals surface area contributed by atoms with Crippen molar-refractivity contribution in [2.45, 2.75) is 0 Å². The molecule has 0 aliphatic carbocycles.